The summed E-state index contributed by atoms with van der Waals surface area (Å²) in [5.74, 6) is -0.634. The predicted octanol–water partition coefficient (Wildman–Crippen LogP) is 2.91. The quantitative estimate of drug-likeness (QED) is 0.787. The van der Waals surface area contributed by atoms with E-state index >= 15 is 0 Å². The fraction of sp³-hybridized carbons (Fsp3) is 0.0625. The number of carbonyl (C=O) groups is 2. The summed E-state index contributed by atoms with van der Waals surface area (Å²) < 4.78 is 0. The van der Waals surface area contributed by atoms with Crippen LogP contribution in [0, 0.1) is 0 Å². The van der Waals surface area contributed by atoms with Crippen LogP contribution in [-0.4, -0.2) is 17.4 Å². The van der Waals surface area contributed by atoms with Crippen LogP contribution in [-0.2, 0) is 4.79 Å². The molecule has 0 spiro atoms. The van der Waals surface area contributed by atoms with Crippen molar-refractivity contribution in [3.63, 3.8) is 0 Å². The molecule has 0 aliphatic heterocycles. The van der Waals surface area contributed by atoms with Gasteiger partial charge in [0, 0.05) is 18.1 Å². The summed E-state index contributed by atoms with van der Waals surface area (Å²) in [6.07, 6.45) is 0. The fourth-order valence-electron chi connectivity index (χ4n) is 1.69. The lowest BCUT2D eigenvalue weighted by atomic mass is 10.1. The minimum Gasteiger partial charge on any atom is -0.293 e. The van der Waals surface area contributed by atoms with Crippen LogP contribution in [0.4, 0.5) is 0 Å². The molecular weight excluding hydrogens is 238 g/mol. The first kappa shape index (κ1) is 12.9. The van der Waals surface area contributed by atoms with Gasteiger partial charge in [-0.25, -0.2) is 4.99 Å². The van der Waals surface area contributed by atoms with E-state index in [2.05, 4.69) is 4.99 Å². The van der Waals surface area contributed by atoms with E-state index in [1.54, 1.807) is 48.5 Å². The van der Waals surface area contributed by atoms with Gasteiger partial charge < -0.3 is 0 Å². The average molecular weight is 251 g/mol. The smallest absolute Gasteiger partial charge is 0.277 e. The molecule has 0 heterocycles. The number of hydrogen-bond donors (Lipinski definition) is 0. The van der Waals surface area contributed by atoms with E-state index in [9.17, 15) is 9.59 Å². The number of carbonyl (C=O) groups excluding carboxylic acids is 2. The average Bonchev–Trinajstić information content (AvgIpc) is 2.46. The van der Waals surface area contributed by atoms with Gasteiger partial charge in [0.25, 0.3) is 5.91 Å². The summed E-state index contributed by atoms with van der Waals surface area (Å²) in [5, 5.41) is 0. The molecule has 3 heteroatoms. The minimum atomic E-state index is -0.408. The van der Waals surface area contributed by atoms with Crippen molar-refractivity contribution in [1.82, 2.24) is 0 Å². The van der Waals surface area contributed by atoms with Crippen molar-refractivity contribution in [1.29, 1.82) is 0 Å². The number of amides is 1. The molecule has 0 atom stereocenters. The molecule has 2 aromatic carbocycles. The van der Waals surface area contributed by atoms with E-state index in [-0.39, 0.29) is 11.5 Å². The zero-order valence-electron chi connectivity index (χ0n) is 10.5. The second-order valence-electron chi connectivity index (χ2n) is 4.05. The van der Waals surface area contributed by atoms with Gasteiger partial charge in [0.1, 0.15) is 5.71 Å². The van der Waals surface area contributed by atoms with Gasteiger partial charge in [0.2, 0.25) is 0 Å². The van der Waals surface area contributed by atoms with Crippen LogP contribution in [0.5, 0.6) is 0 Å². The highest BCUT2D eigenvalue weighted by molar-refractivity contribution is 6.47. The second-order valence-corrected chi connectivity index (χ2v) is 4.05. The van der Waals surface area contributed by atoms with Gasteiger partial charge in [-0.05, 0) is 12.1 Å². The second kappa shape index (κ2) is 5.87. The van der Waals surface area contributed by atoms with Gasteiger partial charge in [-0.3, -0.25) is 9.59 Å². The molecule has 0 saturated carbocycles. The first-order valence-electron chi connectivity index (χ1n) is 5.93. The first-order valence-corrected chi connectivity index (χ1v) is 5.93. The van der Waals surface area contributed by atoms with Crippen LogP contribution in [0.1, 0.15) is 22.8 Å². The van der Waals surface area contributed by atoms with E-state index in [1.165, 1.54) is 6.92 Å². The first-order chi connectivity index (χ1) is 9.18. The van der Waals surface area contributed by atoms with E-state index in [4.69, 9.17) is 0 Å². The third-order valence-electron chi connectivity index (χ3n) is 2.61. The lowest BCUT2D eigenvalue weighted by Crippen LogP contribution is -2.14. The molecule has 2 rings (SSSR count). The zero-order valence-corrected chi connectivity index (χ0v) is 10.5. The van der Waals surface area contributed by atoms with Crippen molar-refractivity contribution >= 4 is 17.4 Å². The molecular formula is C16H13NO2. The Hall–Kier alpha value is -2.55. The van der Waals surface area contributed by atoms with Crippen molar-refractivity contribution in [2.75, 3.05) is 0 Å². The molecule has 0 aliphatic rings. The maximum Gasteiger partial charge on any atom is 0.277 e. The van der Waals surface area contributed by atoms with Gasteiger partial charge in [-0.1, -0.05) is 48.5 Å². The number of ketones is 1. The fourth-order valence-corrected chi connectivity index (χ4v) is 1.69. The third-order valence-corrected chi connectivity index (χ3v) is 2.61. The number of rotatable bonds is 3. The molecule has 3 nitrogen and oxygen atoms in total. The molecule has 0 aliphatic carbocycles. The molecule has 0 N–H and O–H groups in total. The molecule has 2 aromatic rings. The SMILES string of the molecule is CC(=O)C(=NC(=O)c1ccccc1)c1ccccc1. The van der Waals surface area contributed by atoms with Crippen molar-refractivity contribution in [3.05, 3.63) is 71.8 Å². The van der Waals surface area contributed by atoms with Crippen molar-refractivity contribution < 1.29 is 9.59 Å². The Labute approximate surface area is 111 Å². The topological polar surface area (TPSA) is 46.5 Å². The Bertz CT molecular complexity index is 616. The van der Waals surface area contributed by atoms with Gasteiger partial charge in [0.15, 0.2) is 5.78 Å². The summed E-state index contributed by atoms with van der Waals surface area (Å²) in [7, 11) is 0. The summed E-state index contributed by atoms with van der Waals surface area (Å²) in [4.78, 5) is 27.6. The number of benzene rings is 2. The third kappa shape index (κ3) is 3.22. The van der Waals surface area contributed by atoms with Crippen LogP contribution in [0.2, 0.25) is 0 Å². The molecule has 0 radical (unpaired) electrons. The van der Waals surface area contributed by atoms with Crippen molar-refractivity contribution in [3.8, 4) is 0 Å². The zero-order chi connectivity index (χ0) is 13.7. The minimum absolute atomic E-state index is 0.189. The molecule has 0 bridgehead atoms. The summed E-state index contributed by atoms with van der Waals surface area (Å²) in [6, 6.07) is 17.7. The number of hydrogen-bond acceptors (Lipinski definition) is 2. The molecule has 0 saturated heterocycles. The Kier molecular flexibility index (Phi) is 3.98. The van der Waals surface area contributed by atoms with Crippen molar-refractivity contribution in [2.45, 2.75) is 6.92 Å². The monoisotopic (exact) mass is 251 g/mol. The van der Waals surface area contributed by atoms with Crippen LogP contribution in [0.3, 0.4) is 0 Å². The molecule has 94 valence electrons. The maximum atomic E-state index is 12.0. The number of nitrogens with zero attached hydrogens (tertiary/aromatic N) is 1. The molecule has 0 unspecified atom stereocenters. The van der Waals surface area contributed by atoms with E-state index in [0.717, 1.165) is 0 Å². The highest BCUT2D eigenvalue weighted by Crippen LogP contribution is 2.06. The standard InChI is InChI=1S/C16H13NO2/c1-12(18)15(13-8-4-2-5-9-13)17-16(19)14-10-6-3-7-11-14/h2-11H,1H3. The Morgan fingerprint density at radius 1 is 0.789 bits per heavy atom. The van der Waals surface area contributed by atoms with E-state index in [1.807, 2.05) is 12.1 Å². The Balaban J connectivity index is 2.38. The summed E-state index contributed by atoms with van der Waals surface area (Å²) in [6.45, 7) is 1.41. The number of Topliss-reactive ketones (excluding diaryl/α,β-unsaturated/α-hetero) is 1. The lowest BCUT2D eigenvalue weighted by Gasteiger charge is -2.02. The van der Waals surface area contributed by atoms with Crippen LogP contribution in [0.25, 0.3) is 0 Å². The van der Waals surface area contributed by atoms with Crippen LogP contribution < -0.4 is 0 Å². The normalized spacial score (nSPS) is 11.1. The maximum absolute atomic E-state index is 12.0. The highest BCUT2D eigenvalue weighted by atomic mass is 16.2. The predicted molar refractivity (Wildman–Crippen MR) is 74.4 cm³/mol. The summed E-state index contributed by atoms with van der Waals surface area (Å²) >= 11 is 0. The van der Waals surface area contributed by atoms with Gasteiger partial charge in [-0.15, -0.1) is 0 Å². The van der Waals surface area contributed by atoms with Gasteiger partial charge in [-0.2, -0.15) is 0 Å². The van der Waals surface area contributed by atoms with Crippen molar-refractivity contribution in [2.24, 2.45) is 4.99 Å². The number of aliphatic imine (C=N–C) groups is 1. The summed E-state index contributed by atoms with van der Waals surface area (Å²) in [5.41, 5.74) is 1.31. The van der Waals surface area contributed by atoms with Gasteiger partial charge in [0.05, 0.1) is 0 Å². The lowest BCUT2D eigenvalue weighted by molar-refractivity contribution is -0.111. The molecule has 0 aromatic heterocycles. The molecule has 0 fully saturated rings. The Morgan fingerprint density at radius 2 is 1.26 bits per heavy atom. The van der Waals surface area contributed by atoms with Crippen LogP contribution in [0.15, 0.2) is 65.7 Å². The molecule has 1 amide bonds. The van der Waals surface area contributed by atoms with Gasteiger partial charge >= 0.3 is 0 Å². The largest absolute Gasteiger partial charge is 0.293 e. The van der Waals surface area contributed by atoms with Crippen LogP contribution >= 0.6 is 0 Å². The Morgan fingerprint density at radius 3 is 1.74 bits per heavy atom. The molecule has 19 heavy (non-hydrogen) atoms. The van der Waals surface area contributed by atoms with E-state index < -0.39 is 5.91 Å². The van der Waals surface area contributed by atoms with E-state index in [0.29, 0.717) is 11.1 Å². The highest BCUT2D eigenvalue weighted by Gasteiger charge is 2.12.